The maximum atomic E-state index is 4.61. The van der Waals surface area contributed by atoms with Crippen molar-refractivity contribution in [2.24, 2.45) is 0 Å². The topological polar surface area (TPSA) is 33.4 Å². The van der Waals surface area contributed by atoms with Crippen LogP contribution in [0.4, 0.5) is 0 Å². The third-order valence-corrected chi connectivity index (χ3v) is 5.32. The molecule has 22 heavy (non-hydrogen) atoms. The number of thiophene rings is 1. The Kier molecular flexibility index (Phi) is 3.91. The maximum Gasteiger partial charge on any atom is 0.234 e. The Labute approximate surface area is 134 Å². The van der Waals surface area contributed by atoms with Crippen molar-refractivity contribution in [2.45, 2.75) is 32.2 Å². The van der Waals surface area contributed by atoms with Gasteiger partial charge >= 0.3 is 0 Å². The fourth-order valence-corrected chi connectivity index (χ4v) is 4.07. The van der Waals surface area contributed by atoms with Gasteiger partial charge in [0.2, 0.25) is 5.78 Å². The third-order valence-electron chi connectivity index (χ3n) is 4.23. The van der Waals surface area contributed by atoms with E-state index in [1.165, 1.54) is 48.5 Å². The van der Waals surface area contributed by atoms with Crippen molar-refractivity contribution in [1.82, 2.24) is 19.3 Å². The predicted octanol–water partition coefficient (Wildman–Crippen LogP) is 3.83. The van der Waals surface area contributed by atoms with Crippen LogP contribution >= 0.6 is 11.3 Å². The first-order valence-electron chi connectivity index (χ1n) is 8.00. The minimum Gasteiger partial charge on any atom is -0.298 e. The quantitative estimate of drug-likeness (QED) is 0.737. The second-order valence-electron chi connectivity index (χ2n) is 5.91. The van der Waals surface area contributed by atoms with Crippen LogP contribution in [0.3, 0.4) is 0 Å². The molecule has 0 N–H and O–H groups in total. The van der Waals surface area contributed by atoms with E-state index in [1.54, 1.807) is 6.20 Å². The molecule has 3 aromatic rings. The second-order valence-corrected chi connectivity index (χ2v) is 7.08. The molecular weight excluding hydrogens is 292 g/mol. The van der Waals surface area contributed by atoms with Gasteiger partial charge < -0.3 is 0 Å². The van der Waals surface area contributed by atoms with Gasteiger partial charge in [-0.3, -0.25) is 9.30 Å². The molecule has 0 amide bonds. The first-order chi connectivity index (χ1) is 10.9. The molecule has 1 aliphatic heterocycles. The van der Waals surface area contributed by atoms with E-state index < -0.39 is 0 Å². The van der Waals surface area contributed by atoms with Crippen molar-refractivity contribution in [3.8, 4) is 10.6 Å². The highest BCUT2D eigenvalue weighted by atomic mass is 32.1. The summed E-state index contributed by atoms with van der Waals surface area (Å²) in [6, 6.07) is 6.37. The van der Waals surface area contributed by atoms with Crippen molar-refractivity contribution < 1.29 is 0 Å². The Balaban J connectivity index is 1.53. The molecule has 4 heterocycles. The van der Waals surface area contributed by atoms with Crippen LogP contribution in [-0.4, -0.2) is 32.4 Å². The van der Waals surface area contributed by atoms with Crippen LogP contribution in [0.1, 0.15) is 30.6 Å². The predicted molar refractivity (Wildman–Crippen MR) is 90.0 cm³/mol. The fraction of sp³-hybridized carbons (Fsp3) is 0.412. The van der Waals surface area contributed by atoms with Crippen LogP contribution < -0.4 is 0 Å². The molecule has 0 aromatic carbocycles. The summed E-state index contributed by atoms with van der Waals surface area (Å²) >= 11 is 1.86. The number of nitrogens with zero attached hydrogens (tertiary/aromatic N) is 4. The Bertz CT molecular complexity index is 720. The molecule has 0 bridgehead atoms. The molecule has 4 rings (SSSR count). The van der Waals surface area contributed by atoms with E-state index in [9.17, 15) is 0 Å². The molecule has 4 nitrogen and oxygen atoms in total. The van der Waals surface area contributed by atoms with Crippen molar-refractivity contribution >= 4 is 17.1 Å². The van der Waals surface area contributed by atoms with E-state index in [0.717, 1.165) is 18.0 Å². The van der Waals surface area contributed by atoms with Crippen molar-refractivity contribution in [3.63, 3.8) is 0 Å². The van der Waals surface area contributed by atoms with Crippen molar-refractivity contribution in [2.75, 3.05) is 13.1 Å². The summed E-state index contributed by atoms with van der Waals surface area (Å²) in [7, 11) is 0. The third kappa shape index (κ3) is 2.91. The molecule has 0 radical (unpaired) electrons. The summed E-state index contributed by atoms with van der Waals surface area (Å²) in [6.07, 6.45) is 11.3. The highest BCUT2D eigenvalue weighted by molar-refractivity contribution is 7.15. The van der Waals surface area contributed by atoms with Gasteiger partial charge in [0.25, 0.3) is 0 Å². The van der Waals surface area contributed by atoms with Gasteiger partial charge in [-0.05, 0) is 44.1 Å². The highest BCUT2D eigenvalue weighted by Gasteiger charge is 2.12. The number of hydrogen-bond acceptors (Lipinski definition) is 4. The molecule has 5 heteroatoms. The Hall–Kier alpha value is -1.72. The van der Waals surface area contributed by atoms with Gasteiger partial charge in [-0.1, -0.05) is 12.8 Å². The zero-order chi connectivity index (χ0) is 14.8. The molecule has 114 valence electrons. The molecular formula is C17H20N4S. The summed E-state index contributed by atoms with van der Waals surface area (Å²) in [5.41, 5.74) is 1.02. The average Bonchev–Trinajstić information content (AvgIpc) is 3.08. The van der Waals surface area contributed by atoms with Gasteiger partial charge in [0.1, 0.15) is 5.69 Å². The number of rotatable bonds is 3. The van der Waals surface area contributed by atoms with Crippen LogP contribution in [0.25, 0.3) is 16.3 Å². The first kappa shape index (κ1) is 13.9. The smallest absolute Gasteiger partial charge is 0.234 e. The average molecular weight is 312 g/mol. The van der Waals surface area contributed by atoms with E-state index >= 15 is 0 Å². The molecule has 0 aliphatic carbocycles. The number of hydrogen-bond donors (Lipinski definition) is 0. The standard InChI is InChI=1S/C17H20N4S/c1-2-4-10-20(9-3-1)12-14-6-7-16(22-14)15-13-21-11-5-8-18-17(21)19-15/h5-8,11,13H,1-4,9-10,12H2. The highest BCUT2D eigenvalue weighted by Crippen LogP contribution is 2.28. The lowest BCUT2D eigenvalue weighted by atomic mass is 10.2. The molecule has 0 spiro atoms. The molecule has 1 fully saturated rings. The molecule has 0 saturated carbocycles. The zero-order valence-corrected chi connectivity index (χ0v) is 13.4. The monoisotopic (exact) mass is 312 g/mol. The summed E-state index contributed by atoms with van der Waals surface area (Å²) in [4.78, 5) is 14.1. The zero-order valence-electron chi connectivity index (χ0n) is 12.6. The Morgan fingerprint density at radius 2 is 1.95 bits per heavy atom. The van der Waals surface area contributed by atoms with E-state index in [-0.39, 0.29) is 0 Å². The van der Waals surface area contributed by atoms with Crippen LogP contribution in [0.5, 0.6) is 0 Å². The summed E-state index contributed by atoms with van der Waals surface area (Å²) in [5, 5.41) is 0. The van der Waals surface area contributed by atoms with Gasteiger partial charge in [-0.15, -0.1) is 11.3 Å². The van der Waals surface area contributed by atoms with Gasteiger partial charge in [0, 0.05) is 30.0 Å². The van der Waals surface area contributed by atoms with Crippen LogP contribution in [0.2, 0.25) is 0 Å². The SMILES string of the molecule is c1cnc2nc(-c3ccc(CN4CCCCCC4)s3)cn2c1. The molecule has 3 aromatic heterocycles. The number of likely N-dealkylation sites (tertiary alicyclic amines) is 1. The minimum atomic E-state index is 0.764. The lowest BCUT2D eigenvalue weighted by Gasteiger charge is -2.18. The first-order valence-corrected chi connectivity index (χ1v) is 8.81. The van der Waals surface area contributed by atoms with Gasteiger partial charge in [-0.2, -0.15) is 0 Å². The molecule has 0 unspecified atom stereocenters. The Morgan fingerprint density at radius 3 is 2.77 bits per heavy atom. The molecule has 1 aliphatic rings. The van der Waals surface area contributed by atoms with Crippen molar-refractivity contribution in [1.29, 1.82) is 0 Å². The second kappa shape index (κ2) is 6.18. The van der Waals surface area contributed by atoms with E-state index in [1.807, 2.05) is 28.0 Å². The number of aromatic nitrogens is 3. The van der Waals surface area contributed by atoms with E-state index in [2.05, 4.69) is 33.2 Å². The van der Waals surface area contributed by atoms with Crippen LogP contribution in [-0.2, 0) is 6.54 Å². The summed E-state index contributed by atoms with van der Waals surface area (Å²) in [6.45, 7) is 3.56. The Morgan fingerprint density at radius 1 is 1.09 bits per heavy atom. The van der Waals surface area contributed by atoms with Crippen molar-refractivity contribution in [3.05, 3.63) is 41.7 Å². The van der Waals surface area contributed by atoms with Gasteiger partial charge in [0.15, 0.2) is 0 Å². The minimum absolute atomic E-state index is 0.764. The lowest BCUT2D eigenvalue weighted by molar-refractivity contribution is 0.279. The molecule has 0 atom stereocenters. The van der Waals surface area contributed by atoms with E-state index in [0.29, 0.717) is 0 Å². The van der Waals surface area contributed by atoms with E-state index in [4.69, 9.17) is 0 Å². The normalized spacial score (nSPS) is 16.9. The summed E-state index contributed by atoms with van der Waals surface area (Å²) < 4.78 is 1.98. The number of imidazole rings is 1. The summed E-state index contributed by atoms with van der Waals surface area (Å²) in [5.74, 6) is 0.764. The largest absolute Gasteiger partial charge is 0.298 e. The lowest BCUT2D eigenvalue weighted by Crippen LogP contribution is -2.23. The fourth-order valence-electron chi connectivity index (χ4n) is 3.06. The maximum absolute atomic E-state index is 4.61. The van der Waals surface area contributed by atoms with Crippen LogP contribution in [0.15, 0.2) is 36.8 Å². The number of fused-ring (bicyclic) bond motifs is 1. The van der Waals surface area contributed by atoms with Gasteiger partial charge in [0.05, 0.1) is 4.88 Å². The van der Waals surface area contributed by atoms with Gasteiger partial charge in [-0.25, -0.2) is 9.97 Å². The van der Waals surface area contributed by atoms with Crippen LogP contribution in [0, 0.1) is 0 Å². The molecule has 1 saturated heterocycles.